The van der Waals surface area contributed by atoms with Gasteiger partial charge in [0.15, 0.2) is 0 Å². The van der Waals surface area contributed by atoms with Crippen molar-refractivity contribution in [1.29, 1.82) is 0 Å². The van der Waals surface area contributed by atoms with Gasteiger partial charge in [0.1, 0.15) is 5.78 Å². The minimum absolute atomic E-state index is 0.330. The molecule has 96 valence electrons. The van der Waals surface area contributed by atoms with Gasteiger partial charge in [-0.05, 0) is 24.3 Å². The standard InChI is InChI=1S/C16H21NO/c18-16-9-5-4-8-14-11-17(12-15(14)16)10-13-6-2-1-3-7-13/h1-3,6-7,14-15H,4-5,8-12H2. The van der Waals surface area contributed by atoms with Crippen LogP contribution in [0.3, 0.4) is 0 Å². The smallest absolute Gasteiger partial charge is 0.137 e. The molecule has 18 heavy (non-hydrogen) atoms. The maximum absolute atomic E-state index is 12.1. The number of carbonyl (C=O) groups excluding carboxylic acids is 1. The third-order valence-electron chi connectivity index (χ3n) is 4.43. The normalized spacial score (nSPS) is 29.0. The van der Waals surface area contributed by atoms with Gasteiger partial charge in [0.05, 0.1) is 0 Å². The summed E-state index contributed by atoms with van der Waals surface area (Å²) in [6, 6.07) is 10.6. The molecule has 0 spiro atoms. The highest BCUT2D eigenvalue weighted by molar-refractivity contribution is 5.82. The lowest BCUT2D eigenvalue weighted by Gasteiger charge is -2.16. The molecule has 2 fully saturated rings. The van der Waals surface area contributed by atoms with Crippen LogP contribution in [0, 0.1) is 11.8 Å². The van der Waals surface area contributed by atoms with E-state index in [1.54, 1.807) is 0 Å². The van der Waals surface area contributed by atoms with E-state index in [1.807, 2.05) is 0 Å². The minimum atomic E-state index is 0.330. The van der Waals surface area contributed by atoms with Crippen molar-refractivity contribution in [3.8, 4) is 0 Å². The molecule has 2 heteroatoms. The van der Waals surface area contributed by atoms with Crippen LogP contribution < -0.4 is 0 Å². The van der Waals surface area contributed by atoms with Crippen LogP contribution in [0.1, 0.15) is 31.2 Å². The fourth-order valence-corrected chi connectivity index (χ4v) is 3.48. The summed E-state index contributed by atoms with van der Waals surface area (Å²) in [7, 11) is 0. The first kappa shape index (κ1) is 11.9. The quantitative estimate of drug-likeness (QED) is 0.796. The minimum Gasteiger partial charge on any atom is -0.299 e. The summed E-state index contributed by atoms with van der Waals surface area (Å²) in [5.74, 6) is 1.48. The van der Waals surface area contributed by atoms with Crippen LogP contribution in [0.2, 0.25) is 0 Å². The van der Waals surface area contributed by atoms with E-state index in [2.05, 4.69) is 35.2 Å². The SMILES string of the molecule is O=C1CCCCC2CN(Cc3ccccc3)CC12. The Morgan fingerprint density at radius 2 is 1.94 bits per heavy atom. The topological polar surface area (TPSA) is 20.3 Å². The first-order valence-electron chi connectivity index (χ1n) is 7.12. The van der Waals surface area contributed by atoms with Crippen molar-refractivity contribution in [2.75, 3.05) is 13.1 Å². The van der Waals surface area contributed by atoms with Crippen LogP contribution in [-0.2, 0) is 11.3 Å². The molecule has 2 atom stereocenters. The van der Waals surface area contributed by atoms with Gasteiger partial charge in [-0.3, -0.25) is 9.69 Å². The van der Waals surface area contributed by atoms with Crippen molar-refractivity contribution in [1.82, 2.24) is 4.90 Å². The summed E-state index contributed by atoms with van der Waals surface area (Å²) in [6.45, 7) is 3.10. The molecule has 1 aromatic rings. The van der Waals surface area contributed by atoms with E-state index in [0.29, 0.717) is 17.6 Å². The number of carbonyl (C=O) groups is 1. The molecule has 0 amide bonds. The summed E-state index contributed by atoms with van der Waals surface area (Å²) in [6.07, 6.45) is 4.43. The van der Waals surface area contributed by atoms with Gasteiger partial charge in [0, 0.05) is 32.0 Å². The third-order valence-corrected chi connectivity index (χ3v) is 4.43. The second kappa shape index (κ2) is 5.23. The molecule has 1 heterocycles. The first-order valence-corrected chi connectivity index (χ1v) is 7.12. The number of fused-ring (bicyclic) bond motifs is 1. The lowest BCUT2D eigenvalue weighted by molar-refractivity contribution is -0.123. The van der Waals surface area contributed by atoms with Crippen LogP contribution in [0.15, 0.2) is 30.3 Å². The molecule has 1 aromatic carbocycles. The van der Waals surface area contributed by atoms with Gasteiger partial charge in [-0.2, -0.15) is 0 Å². The highest BCUT2D eigenvalue weighted by Crippen LogP contribution is 2.33. The fraction of sp³-hybridized carbons (Fsp3) is 0.562. The average Bonchev–Trinajstić information content (AvgIpc) is 2.71. The first-order chi connectivity index (χ1) is 8.83. The van der Waals surface area contributed by atoms with E-state index < -0.39 is 0 Å². The monoisotopic (exact) mass is 243 g/mol. The molecule has 2 nitrogen and oxygen atoms in total. The number of likely N-dealkylation sites (tertiary alicyclic amines) is 1. The van der Waals surface area contributed by atoms with E-state index in [4.69, 9.17) is 0 Å². The highest BCUT2D eigenvalue weighted by Gasteiger charge is 2.37. The predicted octanol–water partition coefficient (Wildman–Crippen LogP) is 2.88. The van der Waals surface area contributed by atoms with Crippen molar-refractivity contribution in [2.24, 2.45) is 11.8 Å². The van der Waals surface area contributed by atoms with Crippen LogP contribution in [0.4, 0.5) is 0 Å². The number of hydrogen-bond donors (Lipinski definition) is 0. The number of Topliss-reactive ketones (excluding diaryl/α,β-unsaturated/α-hetero) is 1. The lowest BCUT2D eigenvalue weighted by atomic mass is 9.91. The number of hydrogen-bond acceptors (Lipinski definition) is 2. The Balaban J connectivity index is 1.66. The summed E-state index contributed by atoms with van der Waals surface area (Å²) in [5, 5.41) is 0. The lowest BCUT2D eigenvalue weighted by Crippen LogP contribution is -2.23. The van der Waals surface area contributed by atoms with Crippen molar-refractivity contribution < 1.29 is 4.79 Å². The molecule has 0 aromatic heterocycles. The van der Waals surface area contributed by atoms with Crippen LogP contribution in [0.5, 0.6) is 0 Å². The van der Waals surface area contributed by atoms with Crippen LogP contribution >= 0.6 is 0 Å². The van der Waals surface area contributed by atoms with Crippen LogP contribution in [0.25, 0.3) is 0 Å². The molecule has 0 bridgehead atoms. The maximum atomic E-state index is 12.1. The predicted molar refractivity (Wildman–Crippen MR) is 72.2 cm³/mol. The van der Waals surface area contributed by atoms with Crippen molar-refractivity contribution in [3.63, 3.8) is 0 Å². The molecule has 2 unspecified atom stereocenters. The number of benzene rings is 1. The van der Waals surface area contributed by atoms with E-state index in [0.717, 1.165) is 32.5 Å². The molecule has 2 aliphatic rings. The molecular weight excluding hydrogens is 222 g/mol. The molecule has 1 saturated heterocycles. The van der Waals surface area contributed by atoms with Gasteiger partial charge in [-0.1, -0.05) is 36.8 Å². The van der Waals surface area contributed by atoms with Gasteiger partial charge >= 0.3 is 0 Å². The summed E-state index contributed by atoms with van der Waals surface area (Å²) in [4.78, 5) is 14.5. The molecular formula is C16H21NO. The molecule has 1 saturated carbocycles. The molecule has 0 N–H and O–H groups in total. The zero-order chi connectivity index (χ0) is 12.4. The zero-order valence-electron chi connectivity index (χ0n) is 10.8. The molecule has 0 radical (unpaired) electrons. The Kier molecular flexibility index (Phi) is 3.46. The third kappa shape index (κ3) is 2.49. The Bertz CT molecular complexity index is 414. The molecule has 3 rings (SSSR count). The van der Waals surface area contributed by atoms with Gasteiger partial charge < -0.3 is 0 Å². The average molecular weight is 243 g/mol. The highest BCUT2D eigenvalue weighted by atomic mass is 16.1. The Morgan fingerprint density at radius 3 is 2.78 bits per heavy atom. The molecule has 1 aliphatic carbocycles. The van der Waals surface area contributed by atoms with Gasteiger partial charge in [0.25, 0.3) is 0 Å². The fourth-order valence-electron chi connectivity index (χ4n) is 3.48. The van der Waals surface area contributed by atoms with Crippen LogP contribution in [-0.4, -0.2) is 23.8 Å². The summed E-state index contributed by atoms with van der Waals surface area (Å²) in [5.41, 5.74) is 1.36. The van der Waals surface area contributed by atoms with E-state index >= 15 is 0 Å². The van der Waals surface area contributed by atoms with Gasteiger partial charge in [0.2, 0.25) is 0 Å². The van der Waals surface area contributed by atoms with Gasteiger partial charge in [-0.15, -0.1) is 0 Å². The molecule has 1 aliphatic heterocycles. The van der Waals surface area contributed by atoms with E-state index in [9.17, 15) is 4.79 Å². The largest absolute Gasteiger partial charge is 0.299 e. The summed E-state index contributed by atoms with van der Waals surface area (Å²) < 4.78 is 0. The number of nitrogens with zero attached hydrogens (tertiary/aromatic N) is 1. The van der Waals surface area contributed by atoms with Crippen molar-refractivity contribution in [2.45, 2.75) is 32.2 Å². The Hall–Kier alpha value is -1.15. The second-order valence-corrected chi connectivity index (χ2v) is 5.76. The second-order valence-electron chi connectivity index (χ2n) is 5.76. The van der Waals surface area contributed by atoms with E-state index in [1.165, 1.54) is 18.4 Å². The Labute approximate surface area is 109 Å². The maximum Gasteiger partial charge on any atom is 0.137 e. The summed E-state index contributed by atoms with van der Waals surface area (Å²) >= 11 is 0. The number of rotatable bonds is 2. The van der Waals surface area contributed by atoms with Crippen molar-refractivity contribution in [3.05, 3.63) is 35.9 Å². The van der Waals surface area contributed by atoms with Gasteiger partial charge in [-0.25, -0.2) is 0 Å². The number of ketones is 1. The Morgan fingerprint density at radius 1 is 1.11 bits per heavy atom. The van der Waals surface area contributed by atoms with Crippen molar-refractivity contribution >= 4 is 5.78 Å². The van der Waals surface area contributed by atoms with E-state index in [-0.39, 0.29) is 0 Å². The zero-order valence-corrected chi connectivity index (χ0v) is 10.8.